The lowest BCUT2D eigenvalue weighted by Crippen LogP contribution is -2.05. The topological polar surface area (TPSA) is 83.7 Å². The van der Waals surface area contributed by atoms with E-state index in [1.165, 1.54) is 18.5 Å². The SMILES string of the molecule is [NH]S(=O)(=O)c1ncccn1. The molecular weight excluding hydrogens is 154 g/mol. The average Bonchev–Trinajstić information content (AvgIpc) is 1.88. The maximum Gasteiger partial charge on any atom is 0.289 e. The Kier molecular flexibility index (Phi) is 1.64. The molecule has 6 heteroatoms. The van der Waals surface area contributed by atoms with Crippen molar-refractivity contribution in [1.29, 1.82) is 0 Å². The Morgan fingerprint density at radius 1 is 1.30 bits per heavy atom. The van der Waals surface area contributed by atoms with E-state index in [4.69, 9.17) is 5.14 Å². The molecule has 0 aliphatic carbocycles. The number of aromatic nitrogens is 2. The predicted molar refractivity (Wildman–Crippen MR) is 32.3 cm³/mol. The quantitative estimate of drug-likeness (QED) is 0.513. The van der Waals surface area contributed by atoms with Gasteiger partial charge in [-0.2, -0.15) is 0 Å². The van der Waals surface area contributed by atoms with Crippen molar-refractivity contribution in [2.24, 2.45) is 0 Å². The van der Waals surface area contributed by atoms with Gasteiger partial charge in [-0.25, -0.2) is 18.4 Å². The van der Waals surface area contributed by atoms with Gasteiger partial charge in [0.25, 0.3) is 15.2 Å². The van der Waals surface area contributed by atoms with Gasteiger partial charge in [-0.05, 0) is 6.07 Å². The Balaban J connectivity index is 3.22. The average molecular weight is 158 g/mol. The Morgan fingerprint density at radius 2 is 1.80 bits per heavy atom. The molecule has 5 nitrogen and oxygen atoms in total. The van der Waals surface area contributed by atoms with E-state index in [9.17, 15) is 8.42 Å². The van der Waals surface area contributed by atoms with Crippen molar-refractivity contribution < 1.29 is 8.42 Å². The Hall–Kier alpha value is -1.01. The van der Waals surface area contributed by atoms with Crippen LogP contribution in [0.4, 0.5) is 0 Å². The fourth-order valence-corrected chi connectivity index (χ4v) is 0.823. The molecule has 1 heterocycles. The molecule has 1 aromatic heterocycles. The van der Waals surface area contributed by atoms with E-state index in [1.807, 2.05) is 0 Å². The van der Waals surface area contributed by atoms with E-state index < -0.39 is 15.2 Å². The van der Waals surface area contributed by atoms with Crippen LogP contribution >= 0.6 is 0 Å². The molecule has 0 spiro atoms. The van der Waals surface area contributed by atoms with Crippen LogP contribution in [-0.4, -0.2) is 18.4 Å². The van der Waals surface area contributed by atoms with Crippen LogP contribution in [0.5, 0.6) is 0 Å². The molecule has 0 bridgehead atoms. The molecule has 0 saturated carbocycles. The molecule has 1 N–H and O–H groups in total. The fraction of sp³-hybridized carbons (Fsp3) is 0. The highest BCUT2D eigenvalue weighted by molar-refractivity contribution is 7.88. The maximum absolute atomic E-state index is 10.4. The van der Waals surface area contributed by atoms with E-state index in [0.717, 1.165) is 0 Å². The molecule has 10 heavy (non-hydrogen) atoms. The zero-order valence-corrected chi connectivity index (χ0v) is 5.67. The minimum atomic E-state index is -3.98. The third-order valence-electron chi connectivity index (χ3n) is 0.782. The third kappa shape index (κ3) is 1.49. The molecule has 0 aliphatic rings. The van der Waals surface area contributed by atoms with Gasteiger partial charge in [0.1, 0.15) is 0 Å². The van der Waals surface area contributed by atoms with Gasteiger partial charge in [-0.1, -0.05) is 0 Å². The second kappa shape index (κ2) is 2.31. The second-order valence-corrected chi connectivity index (χ2v) is 2.91. The van der Waals surface area contributed by atoms with Crippen molar-refractivity contribution >= 4 is 10.0 Å². The first-order chi connectivity index (χ1) is 4.61. The van der Waals surface area contributed by atoms with Gasteiger partial charge in [-0.3, -0.25) is 0 Å². The number of nitrogens with one attached hydrogen (secondary N) is 1. The van der Waals surface area contributed by atoms with E-state index in [0.29, 0.717) is 0 Å². The minimum absolute atomic E-state index is 0.463. The Morgan fingerprint density at radius 3 is 2.10 bits per heavy atom. The van der Waals surface area contributed by atoms with Gasteiger partial charge < -0.3 is 0 Å². The van der Waals surface area contributed by atoms with Crippen LogP contribution < -0.4 is 5.14 Å². The predicted octanol–water partition coefficient (Wildman–Crippen LogP) is -0.552. The van der Waals surface area contributed by atoms with Gasteiger partial charge in [0.05, 0.1) is 0 Å². The Labute approximate surface area is 58.0 Å². The molecule has 0 fully saturated rings. The molecule has 0 saturated heterocycles. The van der Waals surface area contributed by atoms with Crippen LogP contribution in [0.15, 0.2) is 23.6 Å². The molecule has 0 aliphatic heterocycles. The van der Waals surface area contributed by atoms with Crippen LogP contribution in [0.3, 0.4) is 0 Å². The van der Waals surface area contributed by atoms with Gasteiger partial charge in [0.15, 0.2) is 0 Å². The molecule has 53 valence electrons. The molecule has 0 aromatic carbocycles. The van der Waals surface area contributed by atoms with Crippen LogP contribution in [0.1, 0.15) is 0 Å². The monoisotopic (exact) mass is 158 g/mol. The summed E-state index contributed by atoms with van der Waals surface area (Å²) in [6.45, 7) is 0. The van der Waals surface area contributed by atoms with E-state index in [1.54, 1.807) is 0 Å². The molecule has 0 amide bonds. The molecule has 1 rings (SSSR count). The van der Waals surface area contributed by atoms with Crippen molar-refractivity contribution in [2.75, 3.05) is 0 Å². The van der Waals surface area contributed by atoms with Crippen molar-refractivity contribution in [2.45, 2.75) is 5.16 Å². The molecule has 0 unspecified atom stereocenters. The number of sulfonamides is 1. The normalized spacial score (nSPS) is 11.3. The first kappa shape index (κ1) is 7.10. The second-order valence-electron chi connectivity index (χ2n) is 1.53. The Bertz CT molecular complexity index is 307. The van der Waals surface area contributed by atoms with Crippen LogP contribution in [0.25, 0.3) is 0 Å². The summed E-state index contributed by atoms with van der Waals surface area (Å²) in [5.41, 5.74) is 0. The molecule has 0 atom stereocenters. The van der Waals surface area contributed by atoms with Crippen molar-refractivity contribution in [3.05, 3.63) is 18.5 Å². The van der Waals surface area contributed by atoms with Gasteiger partial charge in [-0.15, -0.1) is 5.14 Å². The first-order valence-electron chi connectivity index (χ1n) is 2.37. The van der Waals surface area contributed by atoms with Crippen LogP contribution in [0, 0.1) is 0 Å². The van der Waals surface area contributed by atoms with Gasteiger partial charge in [0.2, 0.25) is 0 Å². The molecular formula is C4H4N3O2S. The third-order valence-corrected chi connectivity index (χ3v) is 1.47. The zero-order valence-electron chi connectivity index (χ0n) is 4.85. The summed E-state index contributed by atoms with van der Waals surface area (Å²) in [4.78, 5) is 6.73. The first-order valence-corrected chi connectivity index (χ1v) is 3.86. The van der Waals surface area contributed by atoms with Crippen LogP contribution in [-0.2, 0) is 10.0 Å². The lowest BCUT2D eigenvalue weighted by Gasteiger charge is -1.90. The summed E-state index contributed by atoms with van der Waals surface area (Å²) >= 11 is 0. The van der Waals surface area contributed by atoms with E-state index in [-0.39, 0.29) is 0 Å². The standard InChI is InChI=1S/C4H4N3O2S/c5-10(8,9)4-6-2-1-3-7-4/h1-3,5H. The fourth-order valence-electron chi connectivity index (χ4n) is 0.424. The summed E-state index contributed by atoms with van der Waals surface area (Å²) in [5, 5.41) is 6.06. The lowest BCUT2D eigenvalue weighted by atomic mass is 10.7. The van der Waals surface area contributed by atoms with Crippen LogP contribution in [0.2, 0.25) is 0 Å². The number of hydrogen-bond acceptors (Lipinski definition) is 4. The van der Waals surface area contributed by atoms with Gasteiger partial charge in [0, 0.05) is 12.4 Å². The van der Waals surface area contributed by atoms with Crippen molar-refractivity contribution in [3.8, 4) is 0 Å². The lowest BCUT2D eigenvalue weighted by molar-refractivity contribution is 0.587. The van der Waals surface area contributed by atoms with Crippen molar-refractivity contribution in [1.82, 2.24) is 15.1 Å². The molecule has 1 aromatic rings. The summed E-state index contributed by atoms with van der Waals surface area (Å²) in [6.07, 6.45) is 2.54. The van der Waals surface area contributed by atoms with E-state index >= 15 is 0 Å². The highest BCUT2D eigenvalue weighted by atomic mass is 32.2. The zero-order chi connectivity index (χ0) is 7.61. The summed E-state index contributed by atoms with van der Waals surface area (Å²) < 4.78 is 20.7. The minimum Gasteiger partial charge on any atom is -0.226 e. The maximum atomic E-state index is 10.4. The number of rotatable bonds is 1. The van der Waals surface area contributed by atoms with E-state index in [2.05, 4.69) is 9.97 Å². The molecule has 1 radical (unpaired) electrons. The summed E-state index contributed by atoms with van der Waals surface area (Å²) in [7, 11) is -3.98. The summed E-state index contributed by atoms with van der Waals surface area (Å²) in [6, 6.07) is 1.48. The number of hydrogen-bond donors (Lipinski definition) is 0. The summed E-state index contributed by atoms with van der Waals surface area (Å²) in [5.74, 6) is 0. The smallest absolute Gasteiger partial charge is 0.226 e. The van der Waals surface area contributed by atoms with Crippen molar-refractivity contribution in [3.63, 3.8) is 0 Å². The highest BCUT2D eigenvalue weighted by Gasteiger charge is 2.09. The number of nitrogens with zero attached hydrogens (tertiary/aromatic N) is 2. The highest BCUT2D eigenvalue weighted by Crippen LogP contribution is 1.94. The largest absolute Gasteiger partial charge is 0.289 e. The van der Waals surface area contributed by atoms with Gasteiger partial charge >= 0.3 is 0 Å².